The van der Waals surface area contributed by atoms with Crippen LogP contribution in [0.4, 0.5) is 10.2 Å². The molecule has 5 aliphatic rings. The molecule has 2 aliphatic heterocycles. The van der Waals surface area contributed by atoms with Crippen LogP contribution in [0.1, 0.15) is 51.5 Å². The molecule has 5 fully saturated rings. The van der Waals surface area contributed by atoms with Crippen molar-refractivity contribution in [1.29, 1.82) is 5.26 Å². The molecular formula is C25H25FN6O. The predicted molar refractivity (Wildman–Crippen MR) is 119 cm³/mol. The number of aromatic nitrogens is 4. The van der Waals surface area contributed by atoms with Crippen molar-refractivity contribution in [3.8, 4) is 11.9 Å². The van der Waals surface area contributed by atoms with Crippen molar-refractivity contribution in [2.45, 2.75) is 63.0 Å². The predicted octanol–water partition coefficient (Wildman–Crippen LogP) is 3.64. The summed E-state index contributed by atoms with van der Waals surface area (Å²) in [5.41, 5.74) is -0.325. The molecule has 8 heteroatoms. The highest BCUT2D eigenvalue weighted by atomic mass is 19.1. The Bertz CT molecular complexity index is 1370. The van der Waals surface area contributed by atoms with Crippen molar-refractivity contribution in [3.63, 3.8) is 0 Å². The molecule has 3 saturated carbocycles. The first-order chi connectivity index (χ1) is 15.7. The van der Waals surface area contributed by atoms with E-state index < -0.39 is 11.0 Å². The second-order valence-corrected chi connectivity index (χ2v) is 11.2. The van der Waals surface area contributed by atoms with Crippen LogP contribution in [0.2, 0.25) is 0 Å². The number of rotatable bonds is 4. The van der Waals surface area contributed by atoms with Gasteiger partial charge in [-0.05, 0) is 63.5 Å². The summed E-state index contributed by atoms with van der Waals surface area (Å²) in [5, 5.41) is 25.7. The number of hydrogen-bond donors (Lipinski definition) is 1. The monoisotopic (exact) mass is 444 g/mol. The van der Waals surface area contributed by atoms with E-state index in [1.165, 1.54) is 12.4 Å². The van der Waals surface area contributed by atoms with Crippen LogP contribution in [0.25, 0.3) is 16.7 Å². The fourth-order valence-electron chi connectivity index (χ4n) is 6.59. The van der Waals surface area contributed by atoms with Crippen LogP contribution in [0.5, 0.6) is 0 Å². The van der Waals surface area contributed by atoms with Gasteiger partial charge in [0.1, 0.15) is 18.0 Å². The SMILES string of the molecule is CC(C)(O)C12CC(C1)N(c1cc(-n3ncc4cc(F)c([C@@]5(C#N)CC56CC6)cc43)ncn1)C2. The summed E-state index contributed by atoms with van der Waals surface area (Å²) < 4.78 is 16.7. The van der Waals surface area contributed by atoms with Gasteiger partial charge < -0.3 is 10.0 Å². The topological polar surface area (TPSA) is 90.9 Å². The molecule has 4 heterocycles. The van der Waals surface area contributed by atoms with Gasteiger partial charge in [-0.15, -0.1) is 0 Å². The third kappa shape index (κ3) is 2.33. The zero-order chi connectivity index (χ0) is 22.8. The van der Waals surface area contributed by atoms with Gasteiger partial charge in [-0.25, -0.2) is 19.0 Å². The molecule has 1 spiro atoms. The number of benzene rings is 1. The Hall–Kier alpha value is -3.05. The molecule has 7 nitrogen and oxygen atoms in total. The quantitative estimate of drug-likeness (QED) is 0.661. The van der Waals surface area contributed by atoms with Crippen LogP contribution in [0, 0.1) is 28.0 Å². The fraction of sp³-hybridized carbons (Fsp3) is 0.520. The van der Waals surface area contributed by atoms with Gasteiger partial charge in [0.15, 0.2) is 5.82 Å². The molecule has 1 atom stereocenters. The smallest absolute Gasteiger partial charge is 0.159 e. The third-order valence-electron chi connectivity index (χ3n) is 9.16. The van der Waals surface area contributed by atoms with Crippen molar-refractivity contribution in [1.82, 2.24) is 19.7 Å². The molecule has 33 heavy (non-hydrogen) atoms. The average molecular weight is 445 g/mol. The number of nitrogens with zero attached hydrogens (tertiary/aromatic N) is 6. The Kier molecular flexibility index (Phi) is 3.36. The lowest BCUT2D eigenvalue weighted by molar-refractivity contribution is -0.0754. The summed E-state index contributed by atoms with van der Waals surface area (Å²) in [6.45, 7) is 4.55. The molecule has 8 rings (SSSR count). The van der Waals surface area contributed by atoms with E-state index in [1.807, 2.05) is 19.9 Å². The van der Waals surface area contributed by atoms with Crippen molar-refractivity contribution in [3.05, 3.63) is 42.1 Å². The minimum absolute atomic E-state index is 0.0177. The largest absolute Gasteiger partial charge is 0.390 e. The lowest BCUT2D eigenvalue weighted by atomic mass is 9.61. The van der Waals surface area contributed by atoms with E-state index in [-0.39, 0.29) is 16.6 Å². The minimum atomic E-state index is -0.731. The molecule has 0 unspecified atom stereocenters. The van der Waals surface area contributed by atoms with Gasteiger partial charge in [-0.1, -0.05) is 0 Å². The number of halogens is 1. The first-order valence-electron chi connectivity index (χ1n) is 11.6. The number of anilines is 1. The highest BCUT2D eigenvalue weighted by molar-refractivity contribution is 5.82. The van der Waals surface area contributed by atoms with Gasteiger partial charge in [0.2, 0.25) is 0 Å². The lowest BCUT2D eigenvalue weighted by Gasteiger charge is -2.45. The molecule has 3 aromatic rings. The molecule has 2 saturated heterocycles. The molecule has 3 aliphatic carbocycles. The fourth-order valence-corrected chi connectivity index (χ4v) is 6.59. The lowest BCUT2D eigenvalue weighted by Crippen LogP contribution is -2.50. The normalized spacial score (nSPS) is 31.0. The Morgan fingerprint density at radius 2 is 1.94 bits per heavy atom. The van der Waals surface area contributed by atoms with Gasteiger partial charge in [0, 0.05) is 35.0 Å². The molecule has 1 aromatic carbocycles. The van der Waals surface area contributed by atoms with E-state index in [0.717, 1.165) is 50.0 Å². The van der Waals surface area contributed by atoms with Crippen LogP contribution >= 0.6 is 0 Å². The zero-order valence-corrected chi connectivity index (χ0v) is 18.7. The summed E-state index contributed by atoms with van der Waals surface area (Å²) in [6.07, 6.45) is 7.82. The molecule has 0 radical (unpaired) electrons. The summed E-state index contributed by atoms with van der Waals surface area (Å²) in [4.78, 5) is 11.2. The summed E-state index contributed by atoms with van der Waals surface area (Å²) in [6, 6.07) is 8.00. The molecule has 168 valence electrons. The van der Waals surface area contributed by atoms with Crippen molar-refractivity contribution < 1.29 is 9.50 Å². The maximum Gasteiger partial charge on any atom is 0.159 e. The maximum atomic E-state index is 15.0. The first kappa shape index (κ1) is 19.4. The Morgan fingerprint density at radius 3 is 2.58 bits per heavy atom. The average Bonchev–Trinajstić information content (AvgIpc) is 3.45. The summed E-state index contributed by atoms with van der Waals surface area (Å²) >= 11 is 0. The minimum Gasteiger partial charge on any atom is -0.390 e. The summed E-state index contributed by atoms with van der Waals surface area (Å²) in [7, 11) is 0. The van der Waals surface area contributed by atoms with Gasteiger partial charge in [-0.2, -0.15) is 10.4 Å². The molecule has 0 amide bonds. The van der Waals surface area contributed by atoms with Gasteiger partial charge in [-0.3, -0.25) is 0 Å². The highest BCUT2D eigenvalue weighted by Gasteiger charge is 2.76. The van der Waals surface area contributed by atoms with Crippen LogP contribution in [-0.2, 0) is 5.41 Å². The van der Waals surface area contributed by atoms with Gasteiger partial charge in [0.05, 0.1) is 28.8 Å². The van der Waals surface area contributed by atoms with E-state index in [1.54, 1.807) is 16.9 Å². The molecule has 2 bridgehead atoms. The van der Waals surface area contributed by atoms with Crippen molar-refractivity contribution in [2.75, 3.05) is 11.4 Å². The Balaban J connectivity index is 1.28. The van der Waals surface area contributed by atoms with E-state index in [9.17, 15) is 10.4 Å². The van der Waals surface area contributed by atoms with E-state index in [2.05, 4.69) is 26.0 Å². The second kappa shape index (κ2) is 5.71. The third-order valence-corrected chi connectivity index (χ3v) is 9.16. The zero-order valence-electron chi connectivity index (χ0n) is 18.7. The van der Waals surface area contributed by atoms with Gasteiger partial charge in [0.25, 0.3) is 0 Å². The van der Waals surface area contributed by atoms with Crippen LogP contribution < -0.4 is 4.90 Å². The van der Waals surface area contributed by atoms with Crippen LogP contribution in [0.3, 0.4) is 0 Å². The van der Waals surface area contributed by atoms with E-state index in [4.69, 9.17) is 0 Å². The molecular weight excluding hydrogens is 419 g/mol. The Morgan fingerprint density at radius 1 is 1.18 bits per heavy atom. The van der Waals surface area contributed by atoms with E-state index >= 15 is 4.39 Å². The van der Waals surface area contributed by atoms with Gasteiger partial charge >= 0.3 is 0 Å². The number of fused-ring (bicyclic) bond motifs is 2. The van der Waals surface area contributed by atoms with Crippen LogP contribution in [-0.4, -0.2) is 43.0 Å². The number of nitriles is 1. The molecule has 2 aromatic heterocycles. The first-order valence-corrected chi connectivity index (χ1v) is 11.6. The van der Waals surface area contributed by atoms with Crippen molar-refractivity contribution in [2.24, 2.45) is 10.8 Å². The highest BCUT2D eigenvalue weighted by Crippen LogP contribution is 2.78. The number of aliphatic hydroxyl groups is 1. The second-order valence-electron chi connectivity index (χ2n) is 11.2. The standard InChI is InChI=1S/C25H25FN6O/c1-22(2,33)24-8-16(9-24)31(13-24)20-7-21(29-14-28-20)32-19-6-17(18(26)5-15(19)10-30-32)25(12-27)11-23(25)3-4-23/h5-7,10,14,16,33H,3-4,8-9,11,13H2,1-2H3/t16?,24?,25-/m0/s1. The molecule has 1 N–H and O–H groups in total. The van der Waals surface area contributed by atoms with Crippen molar-refractivity contribution >= 4 is 16.7 Å². The van der Waals surface area contributed by atoms with Crippen LogP contribution in [0.15, 0.2) is 30.7 Å². The van der Waals surface area contributed by atoms with E-state index in [0.29, 0.717) is 22.8 Å². The maximum absolute atomic E-state index is 15.0. The Labute approximate surface area is 190 Å². The summed E-state index contributed by atoms with van der Waals surface area (Å²) in [5.74, 6) is 1.09. The number of hydrogen-bond acceptors (Lipinski definition) is 6.